The molecule has 1 aromatic heterocycles. The van der Waals surface area contributed by atoms with Gasteiger partial charge in [0.15, 0.2) is 0 Å². The van der Waals surface area contributed by atoms with E-state index in [0.717, 1.165) is 18.5 Å². The predicted octanol–water partition coefficient (Wildman–Crippen LogP) is 2.75. The highest BCUT2D eigenvalue weighted by molar-refractivity contribution is 5.72. The van der Waals surface area contributed by atoms with Crippen molar-refractivity contribution in [2.45, 2.75) is 51.5 Å². The maximum absolute atomic E-state index is 11.9. The van der Waals surface area contributed by atoms with Crippen molar-refractivity contribution >= 4 is 5.97 Å². The molecule has 0 aliphatic heterocycles. The van der Waals surface area contributed by atoms with Crippen LogP contribution in [0.15, 0.2) is 23.0 Å². The Kier molecular flexibility index (Phi) is 4.40. The average Bonchev–Trinajstić information content (AvgIpc) is 2.38. The maximum Gasteiger partial charge on any atom is 0.326 e. The van der Waals surface area contributed by atoms with Gasteiger partial charge in [-0.15, -0.1) is 0 Å². The minimum absolute atomic E-state index is 0.219. The molecule has 0 bridgehead atoms. The molecule has 19 heavy (non-hydrogen) atoms. The molecule has 0 radical (unpaired) electrons. The van der Waals surface area contributed by atoms with E-state index in [1.54, 1.807) is 19.1 Å². The summed E-state index contributed by atoms with van der Waals surface area (Å²) in [6, 6.07) is 4.17. The Hall–Kier alpha value is -1.58. The van der Waals surface area contributed by atoms with Gasteiger partial charge in [0.2, 0.25) is 0 Å². The summed E-state index contributed by atoms with van der Waals surface area (Å²) in [5.41, 5.74) is 0.499. The molecule has 1 heterocycles. The molecule has 0 amide bonds. The highest BCUT2D eigenvalue weighted by atomic mass is 16.4. The van der Waals surface area contributed by atoms with Gasteiger partial charge < -0.3 is 5.11 Å². The van der Waals surface area contributed by atoms with Crippen LogP contribution in [0.25, 0.3) is 0 Å². The second-order valence-electron chi connectivity index (χ2n) is 5.47. The molecule has 4 nitrogen and oxygen atoms in total. The van der Waals surface area contributed by atoms with Gasteiger partial charge in [0.25, 0.3) is 5.56 Å². The first-order valence-electron chi connectivity index (χ1n) is 7.00. The largest absolute Gasteiger partial charge is 0.480 e. The zero-order valence-electron chi connectivity index (χ0n) is 11.3. The molecule has 0 spiro atoms. The van der Waals surface area contributed by atoms with E-state index >= 15 is 0 Å². The van der Waals surface area contributed by atoms with Crippen LogP contribution in [0, 0.1) is 12.8 Å². The first-order chi connectivity index (χ1) is 9.09. The molecule has 1 atom stereocenters. The fraction of sp³-hybridized carbons (Fsp3) is 0.600. The van der Waals surface area contributed by atoms with Gasteiger partial charge in [-0.1, -0.05) is 38.2 Å². The number of nitrogens with zero attached hydrogens (tertiary/aromatic N) is 1. The lowest BCUT2D eigenvalue weighted by atomic mass is 9.84. The van der Waals surface area contributed by atoms with Gasteiger partial charge in [-0.3, -0.25) is 9.36 Å². The van der Waals surface area contributed by atoms with Gasteiger partial charge in [0, 0.05) is 11.8 Å². The number of aromatic nitrogens is 1. The summed E-state index contributed by atoms with van der Waals surface area (Å²) in [5.74, 6) is -0.469. The Labute approximate surface area is 113 Å². The number of aryl methyl sites for hydroxylation is 1. The van der Waals surface area contributed by atoms with E-state index in [4.69, 9.17) is 0 Å². The Morgan fingerprint density at radius 2 is 2.05 bits per heavy atom. The molecule has 4 heteroatoms. The van der Waals surface area contributed by atoms with Crippen LogP contribution in [-0.4, -0.2) is 15.6 Å². The zero-order valence-corrected chi connectivity index (χ0v) is 11.3. The third-order valence-electron chi connectivity index (χ3n) is 4.07. The lowest BCUT2D eigenvalue weighted by molar-refractivity contribution is -0.141. The maximum atomic E-state index is 11.9. The molecular weight excluding hydrogens is 242 g/mol. The van der Waals surface area contributed by atoms with Crippen LogP contribution >= 0.6 is 0 Å². The molecular formula is C15H21NO3. The highest BCUT2D eigenvalue weighted by Gasteiger charge is 2.26. The number of hydrogen-bond acceptors (Lipinski definition) is 2. The summed E-state index contributed by atoms with van der Waals surface area (Å²) < 4.78 is 1.43. The summed E-state index contributed by atoms with van der Waals surface area (Å²) in [7, 11) is 0. The molecule has 1 unspecified atom stereocenters. The number of rotatable bonds is 4. The van der Waals surface area contributed by atoms with Crippen LogP contribution in [0.3, 0.4) is 0 Å². The highest BCUT2D eigenvalue weighted by Crippen LogP contribution is 2.30. The predicted molar refractivity (Wildman–Crippen MR) is 73.3 cm³/mol. The van der Waals surface area contributed by atoms with E-state index in [0.29, 0.717) is 12.3 Å². The number of hydrogen-bond donors (Lipinski definition) is 1. The molecule has 1 fully saturated rings. The third kappa shape index (κ3) is 3.25. The number of carbonyl (C=O) groups is 1. The summed E-state index contributed by atoms with van der Waals surface area (Å²) >= 11 is 0. The first kappa shape index (κ1) is 13.8. The lowest BCUT2D eigenvalue weighted by Crippen LogP contribution is -2.32. The second kappa shape index (κ2) is 6.04. The van der Waals surface area contributed by atoms with Crippen molar-refractivity contribution in [3.63, 3.8) is 0 Å². The summed E-state index contributed by atoms with van der Waals surface area (Å²) in [6.45, 7) is 1.79. The summed E-state index contributed by atoms with van der Waals surface area (Å²) in [5, 5.41) is 9.45. The van der Waals surface area contributed by atoms with Gasteiger partial charge in [0.05, 0.1) is 0 Å². The van der Waals surface area contributed by atoms with Crippen molar-refractivity contribution in [3.8, 4) is 0 Å². The molecule has 0 aromatic carbocycles. The van der Waals surface area contributed by atoms with Crippen LogP contribution in [0.2, 0.25) is 0 Å². The van der Waals surface area contributed by atoms with E-state index in [2.05, 4.69) is 0 Å². The SMILES string of the molecule is Cc1cccc(=O)n1C(CC1CCCCC1)C(=O)O. The molecule has 1 aliphatic carbocycles. The Morgan fingerprint density at radius 1 is 1.37 bits per heavy atom. The second-order valence-corrected chi connectivity index (χ2v) is 5.47. The monoisotopic (exact) mass is 263 g/mol. The van der Waals surface area contributed by atoms with Crippen molar-refractivity contribution < 1.29 is 9.90 Å². The molecule has 1 N–H and O–H groups in total. The molecule has 2 rings (SSSR count). The minimum atomic E-state index is -0.901. The van der Waals surface area contributed by atoms with Crippen molar-refractivity contribution in [2.24, 2.45) is 5.92 Å². The van der Waals surface area contributed by atoms with Gasteiger partial charge in [-0.05, 0) is 25.3 Å². The van der Waals surface area contributed by atoms with E-state index in [-0.39, 0.29) is 5.56 Å². The van der Waals surface area contributed by atoms with Crippen LogP contribution in [0.4, 0.5) is 0 Å². The first-order valence-corrected chi connectivity index (χ1v) is 7.00. The fourth-order valence-electron chi connectivity index (χ4n) is 3.06. The summed E-state index contributed by atoms with van der Waals surface area (Å²) in [4.78, 5) is 23.4. The van der Waals surface area contributed by atoms with E-state index in [9.17, 15) is 14.7 Å². The number of pyridine rings is 1. The normalized spacial score (nSPS) is 18.2. The fourth-order valence-corrected chi connectivity index (χ4v) is 3.06. The molecule has 1 aliphatic rings. The van der Waals surface area contributed by atoms with E-state index < -0.39 is 12.0 Å². The number of aliphatic carboxylic acids is 1. The van der Waals surface area contributed by atoms with Crippen LogP contribution in [0.5, 0.6) is 0 Å². The van der Waals surface area contributed by atoms with E-state index in [1.807, 2.05) is 0 Å². The van der Waals surface area contributed by atoms with Crippen LogP contribution < -0.4 is 5.56 Å². The smallest absolute Gasteiger partial charge is 0.326 e. The van der Waals surface area contributed by atoms with Crippen LogP contribution in [0.1, 0.15) is 50.3 Å². The minimum Gasteiger partial charge on any atom is -0.480 e. The molecule has 104 valence electrons. The molecule has 1 aromatic rings. The van der Waals surface area contributed by atoms with Gasteiger partial charge in [-0.2, -0.15) is 0 Å². The van der Waals surface area contributed by atoms with Gasteiger partial charge in [0.1, 0.15) is 6.04 Å². The van der Waals surface area contributed by atoms with Gasteiger partial charge in [-0.25, -0.2) is 4.79 Å². The van der Waals surface area contributed by atoms with Crippen molar-refractivity contribution in [3.05, 3.63) is 34.2 Å². The Bertz CT molecular complexity index is 500. The Balaban J connectivity index is 2.24. The third-order valence-corrected chi connectivity index (χ3v) is 4.07. The van der Waals surface area contributed by atoms with Crippen LogP contribution in [-0.2, 0) is 4.79 Å². The summed E-state index contributed by atoms with van der Waals surface area (Å²) in [6.07, 6.45) is 6.35. The van der Waals surface area contributed by atoms with Crippen molar-refractivity contribution in [1.82, 2.24) is 4.57 Å². The number of carboxylic acid groups (broad SMARTS) is 1. The zero-order chi connectivity index (χ0) is 13.8. The van der Waals surface area contributed by atoms with E-state index in [1.165, 1.54) is 29.9 Å². The standard InChI is InChI=1S/C15H21NO3/c1-11-6-5-9-14(17)16(11)13(15(18)19)10-12-7-3-2-4-8-12/h5-6,9,12-13H,2-4,7-8,10H2,1H3,(H,18,19). The molecule has 1 saturated carbocycles. The number of carboxylic acids is 1. The van der Waals surface area contributed by atoms with Crippen molar-refractivity contribution in [1.29, 1.82) is 0 Å². The van der Waals surface area contributed by atoms with Crippen molar-refractivity contribution in [2.75, 3.05) is 0 Å². The average molecular weight is 263 g/mol. The topological polar surface area (TPSA) is 59.3 Å². The lowest BCUT2D eigenvalue weighted by Gasteiger charge is -2.26. The Morgan fingerprint density at radius 3 is 2.63 bits per heavy atom. The molecule has 0 saturated heterocycles. The quantitative estimate of drug-likeness (QED) is 0.908. The van der Waals surface area contributed by atoms with Gasteiger partial charge >= 0.3 is 5.97 Å².